The standard InChI is InChI=1S/C26H26F2N4O3/c1-4-17-20(27)6-5-14-8-15(33)9-18(21(14)17)23-22(28)24-19(10-29-23)25(31-26(30-24)35-3)32-11-13(2)7-16(34)12-32/h5-6,8-10,13,16,33-34H,4,7,11-12H2,1-3H3. The van der Waals surface area contributed by atoms with E-state index in [1.807, 2.05) is 18.7 Å². The van der Waals surface area contributed by atoms with E-state index in [2.05, 4.69) is 15.0 Å². The monoisotopic (exact) mass is 480 g/mol. The van der Waals surface area contributed by atoms with Crippen LogP contribution in [0, 0.1) is 17.6 Å². The molecule has 2 atom stereocenters. The number of aromatic nitrogens is 3. The first-order chi connectivity index (χ1) is 16.8. The fraction of sp³-hybridized carbons (Fsp3) is 0.346. The second-order valence-electron chi connectivity index (χ2n) is 9.09. The number of aromatic hydroxyl groups is 1. The van der Waals surface area contributed by atoms with E-state index in [1.165, 1.54) is 31.5 Å². The summed E-state index contributed by atoms with van der Waals surface area (Å²) in [6.45, 7) is 4.83. The lowest BCUT2D eigenvalue weighted by atomic mass is 9.94. The van der Waals surface area contributed by atoms with E-state index in [0.717, 1.165) is 0 Å². The Morgan fingerprint density at radius 3 is 2.69 bits per heavy atom. The molecule has 3 heterocycles. The molecular formula is C26H26F2N4O3. The zero-order chi connectivity index (χ0) is 24.9. The van der Waals surface area contributed by atoms with Crippen LogP contribution in [0.4, 0.5) is 14.6 Å². The number of benzene rings is 2. The number of hydrogen-bond acceptors (Lipinski definition) is 7. The third-order valence-electron chi connectivity index (χ3n) is 6.52. The maximum atomic E-state index is 16.1. The van der Waals surface area contributed by atoms with Crippen molar-refractivity contribution in [1.82, 2.24) is 15.0 Å². The lowest BCUT2D eigenvalue weighted by molar-refractivity contribution is 0.132. The zero-order valence-corrected chi connectivity index (χ0v) is 19.7. The van der Waals surface area contributed by atoms with Gasteiger partial charge in [-0.05, 0) is 53.3 Å². The topological polar surface area (TPSA) is 91.6 Å². The van der Waals surface area contributed by atoms with E-state index >= 15 is 4.39 Å². The lowest BCUT2D eigenvalue weighted by Gasteiger charge is -2.35. The first-order valence-electron chi connectivity index (χ1n) is 11.6. The number of phenols is 1. The van der Waals surface area contributed by atoms with E-state index in [4.69, 9.17) is 4.74 Å². The molecule has 0 bridgehead atoms. The molecule has 2 unspecified atom stereocenters. The molecule has 0 radical (unpaired) electrons. The molecule has 2 aromatic heterocycles. The SMILES string of the molecule is CCc1c(F)ccc2cc(O)cc(-c3ncc4c(N5CC(C)CC(O)C5)nc(OC)nc4c3F)c12. The highest BCUT2D eigenvalue weighted by Crippen LogP contribution is 2.39. The summed E-state index contributed by atoms with van der Waals surface area (Å²) in [6, 6.07) is 5.78. The first kappa shape index (κ1) is 23.2. The highest BCUT2D eigenvalue weighted by molar-refractivity contribution is 6.01. The van der Waals surface area contributed by atoms with Crippen LogP contribution in [0.3, 0.4) is 0 Å². The molecule has 1 aliphatic heterocycles. The number of aryl methyl sites for hydroxylation is 1. The Bertz CT molecular complexity index is 1440. The molecule has 0 amide bonds. The van der Waals surface area contributed by atoms with Crippen LogP contribution < -0.4 is 9.64 Å². The molecule has 35 heavy (non-hydrogen) atoms. The van der Waals surface area contributed by atoms with Crippen LogP contribution in [0.25, 0.3) is 32.9 Å². The Kier molecular flexibility index (Phi) is 5.88. The van der Waals surface area contributed by atoms with Gasteiger partial charge in [-0.3, -0.25) is 4.98 Å². The van der Waals surface area contributed by atoms with Crippen molar-refractivity contribution in [3.63, 3.8) is 0 Å². The number of rotatable bonds is 4. The van der Waals surface area contributed by atoms with Crippen LogP contribution in [-0.4, -0.2) is 51.5 Å². The number of nitrogens with zero attached hydrogens (tertiary/aromatic N) is 4. The van der Waals surface area contributed by atoms with Crippen molar-refractivity contribution >= 4 is 27.5 Å². The van der Waals surface area contributed by atoms with E-state index < -0.39 is 17.7 Å². The van der Waals surface area contributed by atoms with E-state index in [1.54, 1.807) is 6.07 Å². The summed E-state index contributed by atoms with van der Waals surface area (Å²) in [5.74, 6) is -0.575. The molecule has 4 aromatic rings. The fourth-order valence-corrected chi connectivity index (χ4v) is 5.07. The van der Waals surface area contributed by atoms with Crippen molar-refractivity contribution < 1.29 is 23.7 Å². The lowest BCUT2D eigenvalue weighted by Crippen LogP contribution is -2.43. The second kappa shape index (κ2) is 8.88. The van der Waals surface area contributed by atoms with Crippen molar-refractivity contribution in [1.29, 1.82) is 0 Å². The zero-order valence-electron chi connectivity index (χ0n) is 19.7. The fourth-order valence-electron chi connectivity index (χ4n) is 5.07. The van der Waals surface area contributed by atoms with Crippen LogP contribution in [0.15, 0.2) is 30.5 Å². The number of halogens is 2. The van der Waals surface area contributed by atoms with Crippen LogP contribution in [0.1, 0.15) is 25.8 Å². The number of anilines is 1. The van der Waals surface area contributed by atoms with Gasteiger partial charge in [-0.25, -0.2) is 8.78 Å². The molecule has 5 rings (SSSR count). The van der Waals surface area contributed by atoms with E-state index in [0.29, 0.717) is 53.5 Å². The first-order valence-corrected chi connectivity index (χ1v) is 11.6. The van der Waals surface area contributed by atoms with Crippen LogP contribution in [0.2, 0.25) is 0 Å². The van der Waals surface area contributed by atoms with Gasteiger partial charge in [0.15, 0.2) is 5.82 Å². The molecule has 1 aliphatic rings. The van der Waals surface area contributed by atoms with Gasteiger partial charge in [0.2, 0.25) is 0 Å². The van der Waals surface area contributed by atoms with Gasteiger partial charge >= 0.3 is 6.01 Å². The van der Waals surface area contributed by atoms with Crippen molar-refractivity contribution in [2.24, 2.45) is 5.92 Å². The summed E-state index contributed by atoms with van der Waals surface area (Å²) in [5, 5.41) is 22.1. The number of piperidine rings is 1. The second-order valence-corrected chi connectivity index (χ2v) is 9.09. The van der Waals surface area contributed by atoms with Gasteiger partial charge in [0.1, 0.15) is 28.6 Å². The average Bonchev–Trinajstić information content (AvgIpc) is 2.83. The summed E-state index contributed by atoms with van der Waals surface area (Å²) in [6.07, 6.45) is 2.00. The number of hydrogen-bond donors (Lipinski definition) is 2. The van der Waals surface area contributed by atoms with E-state index in [-0.39, 0.29) is 34.5 Å². The third-order valence-corrected chi connectivity index (χ3v) is 6.52. The normalized spacial score (nSPS) is 18.4. The van der Waals surface area contributed by atoms with Gasteiger partial charge in [0.05, 0.1) is 18.6 Å². The highest BCUT2D eigenvalue weighted by Gasteiger charge is 2.28. The number of fused-ring (bicyclic) bond motifs is 2. The molecule has 0 aliphatic carbocycles. The third kappa shape index (κ3) is 3.99. The van der Waals surface area contributed by atoms with Crippen molar-refractivity contribution in [3.8, 4) is 23.0 Å². The van der Waals surface area contributed by atoms with Crippen LogP contribution >= 0.6 is 0 Å². The molecule has 0 saturated carbocycles. The van der Waals surface area contributed by atoms with Gasteiger partial charge in [0, 0.05) is 24.8 Å². The number of β-amino-alcohol motifs (C(OH)–C–C–N with tert-alkyl or cyclic N) is 1. The predicted octanol–water partition coefficient (Wildman–Crippen LogP) is 4.61. The molecule has 2 aromatic carbocycles. The Hall–Kier alpha value is -3.59. The molecule has 1 saturated heterocycles. The minimum absolute atomic E-state index is 0.00416. The predicted molar refractivity (Wildman–Crippen MR) is 130 cm³/mol. The Balaban J connectivity index is 1.77. The quantitative estimate of drug-likeness (QED) is 0.441. The Morgan fingerprint density at radius 2 is 1.97 bits per heavy atom. The van der Waals surface area contributed by atoms with Crippen molar-refractivity contribution in [2.75, 3.05) is 25.1 Å². The number of pyridine rings is 1. The van der Waals surface area contributed by atoms with Gasteiger partial charge in [-0.1, -0.05) is 19.9 Å². The molecule has 1 fully saturated rings. The van der Waals surface area contributed by atoms with Crippen LogP contribution in [0.5, 0.6) is 11.8 Å². The molecule has 182 valence electrons. The van der Waals surface area contributed by atoms with Crippen molar-refractivity contribution in [2.45, 2.75) is 32.8 Å². The summed E-state index contributed by atoms with van der Waals surface area (Å²) >= 11 is 0. The summed E-state index contributed by atoms with van der Waals surface area (Å²) in [5.41, 5.74) is 0.626. The number of aliphatic hydroxyl groups is 1. The number of ether oxygens (including phenoxy) is 1. The summed E-state index contributed by atoms with van der Waals surface area (Å²) < 4.78 is 36.0. The highest BCUT2D eigenvalue weighted by atomic mass is 19.1. The summed E-state index contributed by atoms with van der Waals surface area (Å²) in [4.78, 5) is 15.0. The van der Waals surface area contributed by atoms with Gasteiger partial charge in [0.25, 0.3) is 0 Å². The Labute approximate surface area is 201 Å². The van der Waals surface area contributed by atoms with Gasteiger partial charge in [-0.15, -0.1) is 0 Å². The number of methoxy groups -OCH3 is 1. The smallest absolute Gasteiger partial charge is 0.318 e. The van der Waals surface area contributed by atoms with Crippen molar-refractivity contribution in [3.05, 3.63) is 47.7 Å². The molecule has 9 heteroatoms. The Morgan fingerprint density at radius 1 is 1.17 bits per heavy atom. The largest absolute Gasteiger partial charge is 0.508 e. The molecular weight excluding hydrogens is 454 g/mol. The average molecular weight is 481 g/mol. The number of phenolic OH excluding ortho intramolecular Hbond substituents is 1. The number of aliphatic hydroxyl groups excluding tert-OH is 1. The van der Waals surface area contributed by atoms with E-state index in [9.17, 15) is 14.6 Å². The minimum atomic E-state index is -0.728. The van der Waals surface area contributed by atoms with Gasteiger partial charge < -0.3 is 19.8 Å². The van der Waals surface area contributed by atoms with Crippen LogP contribution in [-0.2, 0) is 6.42 Å². The van der Waals surface area contributed by atoms with Gasteiger partial charge in [-0.2, -0.15) is 9.97 Å². The maximum Gasteiger partial charge on any atom is 0.318 e. The molecule has 0 spiro atoms. The maximum absolute atomic E-state index is 16.1. The summed E-state index contributed by atoms with van der Waals surface area (Å²) in [7, 11) is 1.40. The molecule has 7 nitrogen and oxygen atoms in total. The molecule has 2 N–H and O–H groups in total. The minimum Gasteiger partial charge on any atom is -0.508 e.